The fourth-order valence-corrected chi connectivity index (χ4v) is 2.52. The first-order valence-electron chi connectivity index (χ1n) is 8.21. The summed E-state index contributed by atoms with van der Waals surface area (Å²) in [5, 5.41) is 7.34. The van der Waals surface area contributed by atoms with Crippen LogP contribution in [-0.2, 0) is 9.59 Å². The lowest BCUT2D eigenvalue weighted by Gasteiger charge is -2.08. The maximum atomic E-state index is 12.0. The maximum Gasteiger partial charge on any atom is 0.277 e. The minimum atomic E-state index is -0.448. The summed E-state index contributed by atoms with van der Waals surface area (Å²) in [7, 11) is 1.56. The van der Waals surface area contributed by atoms with Crippen LogP contribution in [0.15, 0.2) is 47.6 Å². The number of carbonyl (C=O) groups is 2. The number of carbonyl (C=O) groups excluding carboxylic acids is 2. The number of anilines is 1. The van der Waals surface area contributed by atoms with Gasteiger partial charge in [0, 0.05) is 10.7 Å². The molecule has 0 aliphatic carbocycles. The number of ether oxygens (including phenoxy) is 2. The van der Waals surface area contributed by atoms with Crippen molar-refractivity contribution in [3.8, 4) is 11.5 Å². The van der Waals surface area contributed by atoms with Gasteiger partial charge in [-0.05, 0) is 49.4 Å². The third-order valence-corrected chi connectivity index (χ3v) is 3.97. The van der Waals surface area contributed by atoms with E-state index in [4.69, 9.17) is 32.7 Å². The molecule has 0 unspecified atom stereocenters. The molecule has 0 aromatic heterocycles. The molecule has 0 bridgehead atoms. The molecule has 2 rings (SSSR count). The zero-order valence-corrected chi connectivity index (χ0v) is 16.8. The van der Waals surface area contributed by atoms with Gasteiger partial charge in [-0.15, -0.1) is 0 Å². The molecule has 0 aliphatic rings. The fourth-order valence-electron chi connectivity index (χ4n) is 2.07. The lowest BCUT2D eigenvalue weighted by Crippen LogP contribution is -2.26. The molecule has 2 aromatic carbocycles. The van der Waals surface area contributed by atoms with Gasteiger partial charge in [-0.3, -0.25) is 9.59 Å². The second kappa shape index (κ2) is 10.5. The van der Waals surface area contributed by atoms with Crippen LogP contribution in [0.1, 0.15) is 13.3 Å². The molecule has 0 aliphatic heterocycles. The van der Waals surface area contributed by atoms with Gasteiger partial charge in [-0.2, -0.15) is 5.10 Å². The van der Waals surface area contributed by atoms with Gasteiger partial charge in [0.2, 0.25) is 5.91 Å². The first-order chi connectivity index (χ1) is 13.4. The van der Waals surface area contributed by atoms with Crippen molar-refractivity contribution in [1.29, 1.82) is 0 Å². The van der Waals surface area contributed by atoms with Gasteiger partial charge in [0.05, 0.1) is 24.2 Å². The highest BCUT2D eigenvalue weighted by molar-refractivity contribution is 6.36. The van der Waals surface area contributed by atoms with E-state index in [1.54, 1.807) is 50.4 Å². The second-order valence-corrected chi connectivity index (χ2v) is 6.54. The molecule has 0 radical (unpaired) electrons. The molecule has 0 spiro atoms. The highest BCUT2D eigenvalue weighted by Gasteiger charge is 2.09. The molecule has 2 amide bonds. The lowest BCUT2D eigenvalue weighted by atomic mass is 10.2. The number of hydrazone groups is 1. The van der Waals surface area contributed by atoms with Gasteiger partial charge in [0.25, 0.3) is 5.91 Å². The molecule has 0 fully saturated rings. The van der Waals surface area contributed by atoms with E-state index in [0.717, 1.165) is 0 Å². The largest absolute Gasteiger partial charge is 0.497 e. The summed E-state index contributed by atoms with van der Waals surface area (Å²) in [6.07, 6.45) is -0.0153. The van der Waals surface area contributed by atoms with E-state index in [0.29, 0.717) is 32.9 Å². The summed E-state index contributed by atoms with van der Waals surface area (Å²) in [4.78, 5) is 23.8. The third kappa shape index (κ3) is 7.09. The molecule has 7 nitrogen and oxygen atoms in total. The van der Waals surface area contributed by atoms with Gasteiger partial charge in [-0.25, -0.2) is 5.43 Å². The van der Waals surface area contributed by atoms with Crippen molar-refractivity contribution in [3.05, 3.63) is 52.5 Å². The predicted octanol–water partition coefficient (Wildman–Crippen LogP) is 3.90. The average Bonchev–Trinajstić information content (AvgIpc) is 2.67. The molecule has 28 heavy (non-hydrogen) atoms. The number of halogens is 2. The van der Waals surface area contributed by atoms with Crippen molar-refractivity contribution in [2.24, 2.45) is 5.10 Å². The Labute approximate surface area is 172 Å². The van der Waals surface area contributed by atoms with Gasteiger partial charge in [0.15, 0.2) is 6.61 Å². The van der Waals surface area contributed by atoms with Crippen LogP contribution in [0.4, 0.5) is 5.69 Å². The van der Waals surface area contributed by atoms with Gasteiger partial charge < -0.3 is 14.8 Å². The van der Waals surface area contributed by atoms with E-state index in [1.807, 2.05) is 0 Å². The van der Waals surface area contributed by atoms with Crippen LogP contribution >= 0.6 is 23.2 Å². The first-order valence-corrected chi connectivity index (χ1v) is 8.96. The highest BCUT2D eigenvalue weighted by atomic mass is 35.5. The molecule has 148 valence electrons. The van der Waals surface area contributed by atoms with Crippen molar-refractivity contribution in [2.75, 3.05) is 19.0 Å². The maximum absolute atomic E-state index is 12.0. The molecule has 0 saturated heterocycles. The Morgan fingerprint density at radius 1 is 1.04 bits per heavy atom. The molecule has 0 atom stereocenters. The lowest BCUT2D eigenvalue weighted by molar-refractivity contribution is -0.123. The number of hydrogen-bond donors (Lipinski definition) is 2. The molecule has 0 heterocycles. The summed E-state index contributed by atoms with van der Waals surface area (Å²) < 4.78 is 10.4. The van der Waals surface area contributed by atoms with Crippen LogP contribution in [0.25, 0.3) is 0 Å². The summed E-state index contributed by atoms with van der Waals surface area (Å²) in [5.74, 6) is 0.441. The van der Waals surface area contributed by atoms with Crippen LogP contribution < -0.4 is 20.2 Å². The number of hydrogen-bond acceptors (Lipinski definition) is 5. The summed E-state index contributed by atoms with van der Waals surface area (Å²) in [5.41, 5.74) is 3.20. The monoisotopic (exact) mass is 423 g/mol. The van der Waals surface area contributed by atoms with Gasteiger partial charge in [-0.1, -0.05) is 23.2 Å². The second-order valence-electron chi connectivity index (χ2n) is 5.70. The number of methoxy groups -OCH3 is 1. The minimum Gasteiger partial charge on any atom is -0.497 e. The Balaban J connectivity index is 1.77. The van der Waals surface area contributed by atoms with E-state index < -0.39 is 5.91 Å². The smallest absolute Gasteiger partial charge is 0.277 e. The summed E-state index contributed by atoms with van der Waals surface area (Å²) in [6.45, 7) is 1.41. The average molecular weight is 424 g/mol. The van der Waals surface area contributed by atoms with E-state index in [-0.39, 0.29) is 18.9 Å². The zero-order chi connectivity index (χ0) is 20.5. The number of nitrogens with zero attached hydrogens (tertiary/aromatic N) is 1. The Morgan fingerprint density at radius 3 is 2.36 bits per heavy atom. The van der Waals surface area contributed by atoms with E-state index in [9.17, 15) is 9.59 Å². The number of nitrogens with one attached hydrogen (secondary N) is 2. The van der Waals surface area contributed by atoms with Crippen LogP contribution in [0.5, 0.6) is 11.5 Å². The SMILES string of the molecule is COc1ccc(OCC(=O)NN=C(C)CC(=O)Nc2ccc(Cl)cc2Cl)cc1. The van der Waals surface area contributed by atoms with Crippen molar-refractivity contribution < 1.29 is 19.1 Å². The number of rotatable bonds is 8. The van der Waals surface area contributed by atoms with E-state index >= 15 is 0 Å². The molecule has 2 aromatic rings. The normalized spacial score (nSPS) is 10.9. The highest BCUT2D eigenvalue weighted by Crippen LogP contribution is 2.25. The van der Waals surface area contributed by atoms with Crippen molar-refractivity contribution >= 4 is 46.4 Å². The first kappa shape index (κ1) is 21.5. The van der Waals surface area contributed by atoms with Gasteiger partial charge >= 0.3 is 0 Å². The molecule has 9 heteroatoms. The molecular formula is C19H19Cl2N3O4. The zero-order valence-electron chi connectivity index (χ0n) is 15.3. The quantitative estimate of drug-likeness (QED) is 0.497. The van der Waals surface area contributed by atoms with Crippen molar-refractivity contribution in [3.63, 3.8) is 0 Å². The minimum absolute atomic E-state index is 0.0153. The Hall–Kier alpha value is -2.77. The number of benzene rings is 2. The standard InChI is InChI=1S/C19H19Cl2N3O4/c1-12(9-18(25)22-17-8-3-13(20)10-16(17)21)23-24-19(26)11-28-15-6-4-14(27-2)5-7-15/h3-8,10H,9,11H2,1-2H3,(H,22,25)(H,24,26). The Kier molecular flexibility index (Phi) is 8.10. The summed E-state index contributed by atoms with van der Waals surface area (Å²) in [6, 6.07) is 11.6. The predicted molar refractivity (Wildman–Crippen MR) is 109 cm³/mol. The van der Waals surface area contributed by atoms with Gasteiger partial charge in [0.1, 0.15) is 11.5 Å². The Bertz CT molecular complexity index is 870. The third-order valence-electron chi connectivity index (χ3n) is 3.42. The molecule has 2 N–H and O–H groups in total. The van der Waals surface area contributed by atoms with Crippen LogP contribution in [0.3, 0.4) is 0 Å². The molecule has 0 saturated carbocycles. The van der Waals surface area contributed by atoms with Crippen LogP contribution in [0, 0.1) is 0 Å². The van der Waals surface area contributed by atoms with Crippen molar-refractivity contribution in [1.82, 2.24) is 5.43 Å². The van der Waals surface area contributed by atoms with E-state index in [1.165, 1.54) is 6.07 Å². The summed E-state index contributed by atoms with van der Waals surface area (Å²) >= 11 is 11.8. The van der Waals surface area contributed by atoms with Crippen molar-refractivity contribution in [2.45, 2.75) is 13.3 Å². The van der Waals surface area contributed by atoms with Crippen LogP contribution in [0.2, 0.25) is 10.0 Å². The molecular weight excluding hydrogens is 405 g/mol. The fraction of sp³-hybridized carbons (Fsp3) is 0.211. The Morgan fingerprint density at radius 2 is 1.71 bits per heavy atom. The van der Waals surface area contributed by atoms with E-state index in [2.05, 4.69) is 15.8 Å². The number of amides is 2. The van der Waals surface area contributed by atoms with Crippen LogP contribution in [-0.4, -0.2) is 31.2 Å². The topological polar surface area (TPSA) is 89.0 Å².